The Bertz CT molecular complexity index is 921. The fourth-order valence-electron chi connectivity index (χ4n) is 2.41. The Morgan fingerprint density at radius 3 is 2.64 bits per heavy atom. The minimum atomic E-state index is -0.355. The molecule has 0 saturated heterocycles. The lowest BCUT2D eigenvalue weighted by molar-refractivity contribution is 0.0945. The highest BCUT2D eigenvalue weighted by Crippen LogP contribution is 2.18. The van der Waals surface area contributed by atoms with Crippen LogP contribution in [0.15, 0.2) is 46.9 Å². The maximum absolute atomic E-state index is 13.3. The van der Waals surface area contributed by atoms with E-state index in [0.29, 0.717) is 11.3 Å². The van der Waals surface area contributed by atoms with Crippen LogP contribution in [0.4, 0.5) is 4.39 Å². The molecule has 5 nitrogen and oxygen atoms in total. The van der Waals surface area contributed by atoms with Gasteiger partial charge in [-0.3, -0.25) is 4.79 Å². The van der Waals surface area contributed by atoms with E-state index in [1.807, 2.05) is 31.2 Å². The van der Waals surface area contributed by atoms with Gasteiger partial charge in [0.1, 0.15) is 5.82 Å². The zero-order valence-electron chi connectivity index (χ0n) is 13.8. The second kappa shape index (κ2) is 7.14. The van der Waals surface area contributed by atoms with Gasteiger partial charge < -0.3 is 5.32 Å². The third-order valence-corrected chi connectivity index (χ3v) is 4.61. The monoisotopic (exact) mass is 402 g/mol. The van der Waals surface area contributed by atoms with E-state index in [4.69, 9.17) is 0 Å². The smallest absolute Gasteiger partial charge is 0.274 e. The first-order valence-corrected chi connectivity index (χ1v) is 8.46. The van der Waals surface area contributed by atoms with Crippen LogP contribution >= 0.6 is 15.9 Å². The first-order chi connectivity index (χ1) is 12.0. The number of amides is 1. The summed E-state index contributed by atoms with van der Waals surface area (Å²) >= 11 is 3.34. The van der Waals surface area contributed by atoms with E-state index in [1.54, 1.807) is 17.7 Å². The summed E-state index contributed by atoms with van der Waals surface area (Å²) in [5.74, 6) is -0.707. The fourth-order valence-corrected chi connectivity index (χ4v) is 2.79. The molecule has 1 heterocycles. The summed E-state index contributed by atoms with van der Waals surface area (Å²) in [5, 5.41) is 10.8. The Labute approximate surface area is 153 Å². The molecule has 0 aliphatic heterocycles. The van der Waals surface area contributed by atoms with Gasteiger partial charge >= 0.3 is 0 Å². The average molecular weight is 403 g/mol. The van der Waals surface area contributed by atoms with Crippen molar-refractivity contribution < 1.29 is 9.18 Å². The lowest BCUT2D eigenvalue weighted by Gasteiger charge is -2.07. The second-order valence-electron chi connectivity index (χ2n) is 5.69. The van der Waals surface area contributed by atoms with Crippen LogP contribution in [-0.4, -0.2) is 20.9 Å². The minimum Gasteiger partial charge on any atom is -0.346 e. The lowest BCUT2D eigenvalue weighted by atomic mass is 10.2. The number of carbonyl (C=O) groups is 1. The summed E-state index contributed by atoms with van der Waals surface area (Å²) in [6.45, 7) is 3.97. The Hall–Kier alpha value is -2.54. The molecule has 1 N–H and O–H groups in total. The van der Waals surface area contributed by atoms with E-state index in [-0.39, 0.29) is 24.0 Å². The SMILES string of the molecule is Cc1ccc(-n2nnc(C(=O)NCc3cc(F)ccc3Br)c2C)cc1. The summed E-state index contributed by atoms with van der Waals surface area (Å²) in [5.41, 5.74) is 3.51. The third-order valence-electron chi connectivity index (χ3n) is 3.84. The molecular formula is C18H16BrFN4O. The van der Waals surface area contributed by atoms with Crippen LogP contribution in [-0.2, 0) is 6.54 Å². The van der Waals surface area contributed by atoms with Crippen LogP contribution in [0.25, 0.3) is 5.69 Å². The molecule has 0 saturated carbocycles. The molecule has 25 heavy (non-hydrogen) atoms. The van der Waals surface area contributed by atoms with Crippen molar-refractivity contribution in [1.29, 1.82) is 0 Å². The van der Waals surface area contributed by atoms with Crippen molar-refractivity contribution in [3.05, 3.63) is 75.3 Å². The molecule has 0 aliphatic carbocycles. The maximum atomic E-state index is 13.3. The highest BCUT2D eigenvalue weighted by atomic mass is 79.9. The zero-order valence-corrected chi connectivity index (χ0v) is 15.3. The molecule has 0 aliphatic rings. The standard InChI is InChI=1S/C18H16BrFN4O/c1-11-3-6-15(7-4-11)24-12(2)17(22-23-24)18(25)21-10-13-9-14(20)5-8-16(13)19/h3-9H,10H2,1-2H3,(H,21,25). The number of halogens is 2. The molecule has 0 fully saturated rings. The van der Waals surface area contributed by atoms with Crippen molar-refractivity contribution in [2.45, 2.75) is 20.4 Å². The molecule has 0 atom stereocenters. The Morgan fingerprint density at radius 1 is 1.20 bits per heavy atom. The van der Waals surface area contributed by atoms with Gasteiger partial charge in [0.2, 0.25) is 0 Å². The van der Waals surface area contributed by atoms with Crippen LogP contribution in [0.2, 0.25) is 0 Å². The van der Waals surface area contributed by atoms with Crippen molar-refractivity contribution in [3.8, 4) is 5.69 Å². The molecule has 0 spiro atoms. The summed E-state index contributed by atoms with van der Waals surface area (Å²) in [4.78, 5) is 12.4. The summed E-state index contributed by atoms with van der Waals surface area (Å²) in [6.07, 6.45) is 0. The molecule has 0 bridgehead atoms. The van der Waals surface area contributed by atoms with Crippen LogP contribution in [0, 0.1) is 19.7 Å². The Morgan fingerprint density at radius 2 is 1.92 bits per heavy atom. The molecule has 2 aromatic carbocycles. The van der Waals surface area contributed by atoms with Gasteiger partial charge in [-0.25, -0.2) is 9.07 Å². The van der Waals surface area contributed by atoms with Crippen LogP contribution in [0.1, 0.15) is 27.3 Å². The normalized spacial score (nSPS) is 10.7. The van der Waals surface area contributed by atoms with E-state index in [9.17, 15) is 9.18 Å². The number of hydrogen-bond donors (Lipinski definition) is 1. The first kappa shape index (κ1) is 17.3. The second-order valence-corrected chi connectivity index (χ2v) is 6.54. The average Bonchev–Trinajstić information content (AvgIpc) is 2.98. The van der Waals surface area contributed by atoms with E-state index in [2.05, 4.69) is 31.6 Å². The molecule has 1 amide bonds. The number of rotatable bonds is 4. The van der Waals surface area contributed by atoms with Gasteiger partial charge in [-0.15, -0.1) is 5.10 Å². The van der Waals surface area contributed by atoms with E-state index in [1.165, 1.54) is 12.1 Å². The molecule has 3 rings (SSSR count). The number of nitrogens with one attached hydrogen (secondary N) is 1. The molecule has 0 radical (unpaired) electrons. The molecule has 0 unspecified atom stereocenters. The number of benzene rings is 2. The van der Waals surface area contributed by atoms with Gasteiger partial charge in [0.15, 0.2) is 5.69 Å². The van der Waals surface area contributed by atoms with Crippen molar-refractivity contribution in [3.63, 3.8) is 0 Å². The molecule has 1 aromatic heterocycles. The molecule has 128 valence electrons. The van der Waals surface area contributed by atoms with Crippen LogP contribution in [0.3, 0.4) is 0 Å². The molecule has 3 aromatic rings. The fraction of sp³-hybridized carbons (Fsp3) is 0.167. The zero-order chi connectivity index (χ0) is 18.0. The van der Waals surface area contributed by atoms with Gasteiger partial charge in [0.05, 0.1) is 11.4 Å². The number of aryl methyl sites for hydroxylation is 1. The quantitative estimate of drug-likeness (QED) is 0.723. The summed E-state index contributed by atoms with van der Waals surface area (Å²) in [7, 11) is 0. The van der Waals surface area contributed by atoms with E-state index in [0.717, 1.165) is 15.7 Å². The van der Waals surface area contributed by atoms with Crippen LogP contribution < -0.4 is 5.32 Å². The van der Waals surface area contributed by atoms with Gasteiger partial charge in [-0.05, 0) is 49.7 Å². The van der Waals surface area contributed by atoms with Gasteiger partial charge in [-0.1, -0.05) is 38.8 Å². The van der Waals surface area contributed by atoms with Crippen molar-refractivity contribution in [2.24, 2.45) is 0 Å². The molecule has 7 heteroatoms. The van der Waals surface area contributed by atoms with E-state index < -0.39 is 0 Å². The predicted molar refractivity (Wildman–Crippen MR) is 96.1 cm³/mol. The van der Waals surface area contributed by atoms with Crippen molar-refractivity contribution in [2.75, 3.05) is 0 Å². The molecular weight excluding hydrogens is 387 g/mol. The third kappa shape index (κ3) is 3.76. The number of hydrogen-bond acceptors (Lipinski definition) is 3. The summed E-state index contributed by atoms with van der Waals surface area (Å²) in [6, 6.07) is 12.1. The first-order valence-electron chi connectivity index (χ1n) is 7.67. The van der Waals surface area contributed by atoms with Crippen molar-refractivity contribution >= 4 is 21.8 Å². The van der Waals surface area contributed by atoms with Gasteiger partial charge in [0.25, 0.3) is 5.91 Å². The topological polar surface area (TPSA) is 59.8 Å². The highest BCUT2D eigenvalue weighted by molar-refractivity contribution is 9.10. The number of nitrogens with zero attached hydrogens (tertiary/aromatic N) is 3. The lowest BCUT2D eigenvalue weighted by Crippen LogP contribution is -2.24. The number of aromatic nitrogens is 3. The van der Waals surface area contributed by atoms with E-state index >= 15 is 0 Å². The van der Waals surface area contributed by atoms with Gasteiger partial charge in [-0.2, -0.15) is 0 Å². The van der Waals surface area contributed by atoms with Crippen molar-refractivity contribution in [1.82, 2.24) is 20.3 Å². The number of carbonyl (C=O) groups excluding carboxylic acids is 1. The predicted octanol–water partition coefficient (Wildman–Crippen LogP) is 3.72. The van der Waals surface area contributed by atoms with Crippen LogP contribution in [0.5, 0.6) is 0 Å². The Balaban J connectivity index is 1.77. The Kier molecular flexibility index (Phi) is 4.94. The highest BCUT2D eigenvalue weighted by Gasteiger charge is 2.17. The maximum Gasteiger partial charge on any atom is 0.274 e. The largest absolute Gasteiger partial charge is 0.346 e. The minimum absolute atomic E-state index is 0.189. The summed E-state index contributed by atoms with van der Waals surface area (Å²) < 4.78 is 15.7. The van der Waals surface area contributed by atoms with Gasteiger partial charge in [0, 0.05) is 11.0 Å².